The first kappa shape index (κ1) is 13.0. The Hall–Kier alpha value is -1.47. The third-order valence-electron chi connectivity index (χ3n) is 2.48. The fourth-order valence-corrected chi connectivity index (χ4v) is 2.07. The summed E-state index contributed by atoms with van der Waals surface area (Å²) in [5.41, 5.74) is 0.452. The maximum Gasteiger partial charge on any atom is 0.301 e. The predicted octanol–water partition coefficient (Wildman–Crippen LogP) is 1.07. The van der Waals surface area contributed by atoms with Crippen LogP contribution in [0.15, 0.2) is 18.2 Å². The van der Waals surface area contributed by atoms with E-state index in [1.807, 2.05) is 0 Å². The molecule has 1 aliphatic rings. The molecule has 2 rings (SSSR count). The molecule has 0 amide bonds. The van der Waals surface area contributed by atoms with Gasteiger partial charge in [-0.1, -0.05) is 0 Å². The first-order valence-electron chi connectivity index (χ1n) is 5.59. The summed E-state index contributed by atoms with van der Waals surface area (Å²) < 4.78 is 37.9. The average molecular weight is 272 g/mol. The number of nitrogens with zero attached hydrogens (tertiary/aromatic N) is 1. The number of fused-ring (bicyclic) bond motifs is 1. The SMILES string of the molecule is CN(C)S(=O)(=O)Nc1ccc2c(c1)OCCCO2. The number of hydrogen-bond donors (Lipinski definition) is 1. The van der Waals surface area contributed by atoms with Crippen LogP contribution in [-0.2, 0) is 10.2 Å². The van der Waals surface area contributed by atoms with Crippen molar-refractivity contribution in [1.82, 2.24) is 4.31 Å². The van der Waals surface area contributed by atoms with Gasteiger partial charge in [0.15, 0.2) is 11.5 Å². The van der Waals surface area contributed by atoms with Gasteiger partial charge in [0.1, 0.15) is 0 Å². The lowest BCUT2D eigenvalue weighted by atomic mass is 10.3. The van der Waals surface area contributed by atoms with E-state index in [1.165, 1.54) is 14.1 Å². The summed E-state index contributed by atoms with van der Waals surface area (Å²) in [6.07, 6.45) is 0.813. The van der Waals surface area contributed by atoms with E-state index in [9.17, 15) is 8.42 Å². The molecule has 0 saturated heterocycles. The van der Waals surface area contributed by atoms with E-state index in [0.29, 0.717) is 30.4 Å². The Kier molecular flexibility index (Phi) is 3.63. The molecule has 7 heteroatoms. The van der Waals surface area contributed by atoms with Crippen LogP contribution in [0.25, 0.3) is 0 Å². The van der Waals surface area contributed by atoms with Crippen LogP contribution >= 0.6 is 0 Å². The normalized spacial score (nSPS) is 15.3. The highest BCUT2D eigenvalue weighted by atomic mass is 32.2. The Balaban J connectivity index is 2.24. The van der Waals surface area contributed by atoms with Gasteiger partial charge in [0.05, 0.1) is 18.9 Å². The minimum atomic E-state index is -3.50. The van der Waals surface area contributed by atoms with Crippen LogP contribution in [0.1, 0.15) is 6.42 Å². The van der Waals surface area contributed by atoms with Gasteiger partial charge in [-0.15, -0.1) is 0 Å². The van der Waals surface area contributed by atoms with Gasteiger partial charge in [0.2, 0.25) is 0 Å². The first-order chi connectivity index (χ1) is 8.49. The molecular weight excluding hydrogens is 256 g/mol. The van der Waals surface area contributed by atoms with Crippen molar-refractivity contribution in [3.05, 3.63) is 18.2 Å². The zero-order valence-electron chi connectivity index (χ0n) is 10.3. The van der Waals surface area contributed by atoms with E-state index in [0.717, 1.165) is 10.7 Å². The van der Waals surface area contributed by atoms with Crippen LogP contribution in [-0.4, -0.2) is 40.0 Å². The van der Waals surface area contributed by atoms with Crippen LogP contribution in [0.4, 0.5) is 5.69 Å². The number of ether oxygens (including phenoxy) is 2. The maximum atomic E-state index is 11.7. The van der Waals surface area contributed by atoms with Crippen molar-refractivity contribution in [3.63, 3.8) is 0 Å². The Morgan fingerprint density at radius 1 is 1.17 bits per heavy atom. The van der Waals surface area contributed by atoms with Gasteiger partial charge in [-0.25, -0.2) is 0 Å². The monoisotopic (exact) mass is 272 g/mol. The van der Waals surface area contributed by atoms with Gasteiger partial charge in [-0.05, 0) is 12.1 Å². The molecule has 0 saturated carbocycles. The van der Waals surface area contributed by atoms with Crippen LogP contribution < -0.4 is 14.2 Å². The van der Waals surface area contributed by atoms with Crippen LogP contribution in [0.5, 0.6) is 11.5 Å². The van der Waals surface area contributed by atoms with Gasteiger partial charge in [-0.2, -0.15) is 12.7 Å². The maximum absolute atomic E-state index is 11.7. The molecule has 0 unspecified atom stereocenters. The van der Waals surface area contributed by atoms with E-state index in [2.05, 4.69) is 4.72 Å². The molecule has 18 heavy (non-hydrogen) atoms. The summed E-state index contributed by atoms with van der Waals surface area (Å²) in [7, 11) is -0.573. The molecule has 0 aromatic heterocycles. The molecule has 0 atom stereocenters. The molecule has 1 aromatic carbocycles. The lowest BCUT2D eigenvalue weighted by Crippen LogP contribution is -2.28. The molecule has 1 aliphatic heterocycles. The third kappa shape index (κ3) is 2.85. The number of anilines is 1. The molecule has 0 aliphatic carbocycles. The Labute approximate surface area is 107 Å². The molecule has 1 heterocycles. The van der Waals surface area contributed by atoms with Crippen molar-refractivity contribution in [3.8, 4) is 11.5 Å². The minimum absolute atomic E-state index is 0.452. The second kappa shape index (κ2) is 5.03. The van der Waals surface area contributed by atoms with Crippen LogP contribution in [0.2, 0.25) is 0 Å². The zero-order chi connectivity index (χ0) is 13.2. The summed E-state index contributed by atoms with van der Waals surface area (Å²) in [6, 6.07) is 4.98. The van der Waals surface area contributed by atoms with E-state index >= 15 is 0 Å². The van der Waals surface area contributed by atoms with Crippen molar-refractivity contribution in [2.24, 2.45) is 0 Å². The summed E-state index contributed by atoms with van der Waals surface area (Å²) in [4.78, 5) is 0. The quantitative estimate of drug-likeness (QED) is 0.893. The van der Waals surface area contributed by atoms with Crippen LogP contribution in [0, 0.1) is 0 Å². The van der Waals surface area contributed by atoms with Gasteiger partial charge < -0.3 is 9.47 Å². The number of hydrogen-bond acceptors (Lipinski definition) is 4. The highest BCUT2D eigenvalue weighted by Gasteiger charge is 2.16. The Bertz CT molecular complexity index is 528. The van der Waals surface area contributed by atoms with Crippen molar-refractivity contribution in [2.45, 2.75) is 6.42 Å². The van der Waals surface area contributed by atoms with Crippen molar-refractivity contribution < 1.29 is 17.9 Å². The van der Waals surface area contributed by atoms with Crippen molar-refractivity contribution >= 4 is 15.9 Å². The highest BCUT2D eigenvalue weighted by Crippen LogP contribution is 2.32. The summed E-state index contributed by atoms with van der Waals surface area (Å²) in [5.74, 6) is 1.20. The number of nitrogens with one attached hydrogen (secondary N) is 1. The topological polar surface area (TPSA) is 67.9 Å². The van der Waals surface area contributed by atoms with E-state index in [-0.39, 0.29) is 0 Å². The molecule has 100 valence electrons. The molecule has 1 aromatic rings. The van der Waals surface area contributed by atoms with Gasteiger partial charge in [0.25, 0.3) is 0 Å². The van der Waals surface area contributed by atoms with Crippen molar-refractivity contribution in [2.75, 3.05) is 32.0 Å². The second-order valence-corrected chi connectivity index (χ2v) is 5.99. The predicted molar refractivity (Wildman–Crippen MR) is 68.3 cm³/mol. The van der Waals surface area contributed by atoms with Gasteiger partial charge in [0, 0.05) is 26.6 Å². The molecule has 1 N–H and O–H groups in total. The van der Waals surface area contributed by atoms with Crippen molar-refractivity contribution in [1.29, 1.82) is 0 Å². The molecule has 0 bridgehead atoms. The Morgan fingerprint density at radius 3 is 2.50 bits per heavy atom. The fraction of sp³-hybridized carbons (Fsp3) is 0.455. The smallest absolute Gasteiger partial charge is 0.301 e. The third-order valence-corrected chi connectivity index (χ3v) is 3.93. The second-order valence-electron chi connectivity index (χ2n) is 4.10. The molecule has 0 fully saturated rings. The van der Waals surface area contributed by atoms with Gasteiger partial charge >= 0.3 is 10.2 Å². The highest BCUT2D eigenvalue weighted by molar-refractivity contribution is 7.90. The molecule has 0 radical (unpaired) electrons. The minimum Gasteiger partial charge on any atom is -0.490 e. The standard InChI is InChI=1S/C11H16N2O4S/c1-13(2)18(14,15)12-9-4-5-10-11(8-9)17-7-3-6-16-10/h4-5,8,12H,3,6-7H2,1-2H3. The lowest BCUT2D eigenvalue weighted by molar-refractivity contribution is 0.297. The Morgan fingerprint density at radius 2 is 1.83 bits per heavy atom. The van der Waals surface area contributed by atoms with E-state index in [1.54, 1.807) is 18.2 Å². The van der Waals surface area contributed by atoms with E-state index < -0.39 is 10.2 Å². The fourth-order valence-electron chi connectivity index (χ4n) is 1.47. The first-order valence-corrected chi connectivity index (χ1v) is 7.03. The van der Waals surface area contributed by atoms with E-state index in [4.69, 9.17) is 9.47 Å². The lowest BCUT2D eigenvalue weighted by Gasteiger charge is -2.14. The summed E-state index contributed by atoms with van der Waals surface area (Å²) in [6.45, 7) is 1.17. The zero-order valence-corrected chi connectivity index (χ0v) is 11.2. The average Bonchev–Trinajstić information content (AvgIpc) is 2.52. The molecule has 6 nitrogen and oxygen atoms in total. The summed E-state index contributed by atoms with van der Waals surface area (Å²) in [5, 5.41) is 0. The number of benzene rings is 1. The van der Waals surface area contributed by atoms with Gasteiger partial charge in [-0.3, -0.25) is 4.72 Å². The molecular formula is C11H16N2O4S. The number of rotatable bonds is 3. The largest absolute Gasteiger partial charge is 0.490 e. The molecule has 0 spiro atoms. The van der Waals surface area contributed by atoms with Crippen LogP contribution in [0.3, 0.4) is 0 Å². The summed E-state index contributed by atoms with van der Waals surface area (Å²) >= 11 is 0.